The van der Waals surface area contributed by atoms with Crippen LogP contribution in [-0.2, 0) is 6.54 Å². The van der Waals surface area contributed by atoms with Gasteiger partial charge in [-0.3, -0.25) is 9.97 Å². The van der Waals surface area contributed by atoms with Crippen molar-refractivity contribution < 1.29 is 0 Å². The van der Waals surface area contributed by atoms with Gasteiger partial charge in [0.1, 0.15) is 0 Å². The van der Waals surface area contributed by atoms with Crippen LogP contribution < -0.4 is 5.32 Å². The van der Waals surface area contributed by atoms with Crippen molar-refractivity contribution in [3.8, 4) is 0 Å². The first-order chi connectivity index (χ1) is 8.66. The topological polar surface area (TPSA) is 37.8 Å². The molecule has 1 atom stereocenters. The van der Waals surface area contributed by atoms with Crippen LogP contribution in [0.25, 0.3) is 0 Å². The Morgan fingerprint density at radius 2 is 2.11 bits per heavy atom. The van der Waals surface area contributed by atoms with Crippen molar-refractivity contribution in [2.24, 2.45) is 0 Å². The minimum atomic E-state index is 0.198. The maximum atomic E-state index is 4.37. The van der Waals surface area contributed by atoms with E-state index in [4.69, 9.17) is 0 Å². The molecule has 2 aromatic rings. The zero-order valence-corrected chi connectivity index (χ0v) is 13.1. The predicted molar refractivity (Wildman–Crippen MR) is 79.1 cm³/mol. The van der Waals surface area contributed by atoms with Crippen LogP contribution in [0.5, 0.6) is 0 Å². The second-order valence-electron chi connectivity index (χ2n) is 3.94. The lowest BCUT2D eigenvalue weighted by Gasteiger charge is -2.13. The van der Waals surface area contributed by atoms with Gasteiger partial charge in [-0.15, -0.1) is 0 Å². The Balaban J connectivity index is 1.99. The molecule has 0 saturated carbocycles. The molecule has 2 aromatic heterocycles. The summed E-state index contributed by atoms with van der Waals surface area (Å²) in [6.45, 7) is 2.79. The van der Waals surface area contributed by atoms with E-state index in [1.807, 2.05) is 24.3 Å². The highest BCUT2D eigenvalue weighted by Gasteiger charge is 2.07. The zero-order chi connectivity index (χ0) is 13.0. The third-order valence-corrected chi connectivity index (χ3v) is 3.71. The van der Waals surface area contributed by atoms with E-state index in [-0.39, 0.29) is 6.04 Å². The van der Waals surface area contributed by atoms with Crippen LogP contribution in [0.15, 0.2) is 45.6 Å². The molecule has 18 heavy (non-hydrogen) atoms. The van der Waals surface area contributed by atoms with Crippen molar-refractivity contribution in [3.63, 3.8) is 0 Å². The van der Waals surface area contributed by atoms with E-state index >= 15 is 0 Å². The second kappa shape index (κ2) is 6.41. The Kier molecular flexibility index (Phi) is 4.86. The molecule has 1 unspecified atom stereocenters. The SMILES string of the molecule is CC(NCc1ncc(Br)cc1Br)c1ccccn1. The highest BCUT2D eigenvalue weighted by molar-refractivity contribution is 9.11. The van der Waals surface area contributed by atoms with Crippen molar-refractivity contribution in [2.75, 3.05) is 0 Å². The first kappa shape index (κ1) is 13.6. The van der Waals surface area contributed by atoms with E-state index in [1.165, 1.54) is 0 Å². The van der Waals surface area contributed by atoms with Crippen molar-refractivity contribution in [1.29, 1.82) is 0 Å². The van der Waals surface area contributed by atoms with Crippen molar-refractivity contribution in [3.05, 3.63) is 57.0 Å². The molecule has 2 heterocycles. The number of aromatic nitrogens is 2. The molecule has 0 aliphatic heterocycles. The number of nitrogens with one attached hydrogen (secondary N) is 1. The number of hydrogen-bond donors (Lipinski definition) is 1. The molecule has 0 amide bonds. The van der Waals surface area contributed by atoms with Crippen LogP contribution in [0.2, 0.25) is 0 Å². The number of hydrogen-bond acceptors (Lipinski definition) is 3. The van der Waals surface area contributed by atoms with Gasteiger partial charge >= 0.3 is 0 Å². The Labute approximate surface area is 123 Å². The predicted octanol–water partition coefficient (Wildman–Crippen LogP) is 3.85. The minimum Gasteiger partial charge on any atom is -0.303 e. The van der Waals surface area contributed by atoms with E-state index in [2.05, 4.69) is 54.1 Å². The summed E-state index contributed by atoms with van der Waals surface area (Å²) in [5.74, 6) is 0. The molecule has 0 spiro atoms. The average Bonchev–Trinajstić information content (AvgIpc) is 2.38. The van der Waals surface area contributed by atoms with Crippen LogP contribution >= 0.6 is 31.9 Å². The van der Waals surface area contributed by atoms with Crippen LogP contribution in [0.4, 0.5) is 0 Å². The maximum absolute atomic E-state index is 4.37. The summed E-state index contributed by atoms with van der Waals surface area (Å²) in [4.78, 5) is 8.69. The van der Waals surface area contributed by atoms with Crippen molar-refractivity contribution >= 4 is 31.9 Å². The summed E-state index contributed by atoms with van der Waals surface area (Å²) >= 11 is 6.90. The lowest BCUT2D eigenvalue weighted by atomic mass is 10.2. The van der Waals surface area contributed by atoms with Gasteiger partial charge in [0.15, 0.2) is 0 Å². The molecule has 0 saturated heterocycles. The molecule has 0 aliphatic rings. The normalized spacial score (nSPS) is 12.4. The van der Waals surface area contributed by atoms with E-state index in [9.17, 15) is 0 Å². The molecule has 0 radical (unpaired) electrons. The third-order valence-electron chi connectivity index (χ3n) is 2.59. The molecular formula is C13H13Br2N3. The molecule has 3 nitrogen and oxygen atoms in total. The van der Waals surface area contributed by atoms with Crippen molar-refractivity contribution in [2.45, 2.75) is 19.5 Å². The van der Waals surface area contributed by atoms with Crippen LogP contribution in [-0.4, -0.2) is 9.97 Å². The van der Waals surface area contributed by atoms with Gasteiger partial charge < -0.3 is 5.32 Å². The first-order valence-corrected chi connectivity index (χ1v) is 7.19. The van der Waals surface area contributed by atoms with E-state index < -0.39 is 0 Å². The van der Waals surface area contributed by atoms with Gasteiger partial charge in [-0.05, 0) is 57.0 Å². The summed E-state index contributed by atoms with van der Waals surface area (Å²) in [5, 5.41) is 3.41. The Hall–Kier alpha value is -0.780. The lowest BCUT2D eigenvalue weighted by molar-refractivity contribution is 0.554. The van der Waals surface area contributed by atoms with E-state index in [0.717, 1.165) is 20.3 Å². The number of rotatable bonds is 4. The van der Waals surface area contributed by atoms with Gasteiger partial charge in [0.2, 0.25) is 0 Å². The summed E-state index contributed by atoms with van der Waals surface area (Å²) < 4.78 is 1.97. The molecule has 0 aliphatic carbocycles. The maximum Gasteiger partial charge on any atom is 0.0684 e. The van der Waals surface area contributed by atoms with Crippen LogP contribution in [0.1, 0.15) is 24.4 Å². The standard InChI is InChI=1S/C13H13Br2N3/c1-9(12-4-2-3-5-16-12)17-8-13-11(15)6-10(14)7-18-13/h2-7,9,17H,8H2,1H3. The number of pyridine rings is 2. The fraction of sp³-hybridized carbons (Fsp3) is 0.231. The number of halogens is 2. The molecule has 0 aromatic carbocycles. The smallest absolute Gasteiger partial charge is 0.0684 e. The Morgan fingerprint density at radius 3 is 2.78 bits per heavy atom. The molecule has 0 bridgehead atoms. The Morgan fingerprint density at radius 1 is 1.28 bits per heavy atom. The van der Waals surface area contributed by atoms with E-state index in [0.29, 0.717) is 6.54 Å². The number of nitrogens with zero attached hydrogens (tertiary/aromatic N) is 2. The third kappa shape index (κ3) is 3.60. The molecule has 94 valence electrons. The Bertz CT molecular complexity index is 517. The van der Waals surface area contributed by atoms with Crippen LogP contribution in [0, 0.1) is 0 Å². The van der Waals surface area contributed by atoms with Gasteiger partial charge in [0.25, 0.3) is 0 Å². The van der Waals surface area contributed by atoms with Gasteiger partial charge in [-0.2, -0.15) is 0 Å². The molecule has 1 N–H and O–H groups in total. The summed E-state index contributed by atoms with van der Waals surface area (Å²) in [5.41, 5.74) is 2.02. The highest BCUT2D eigenvalue weighted by Crippen LogP contribution is 2.20. The quantitative estimate of drug-likeness (QED) is 0.888. The average molecular weight is 371 g/mol. The summed E-state index contributed by atoms with van der Waals surface area (Å²) in [6, 6.07) is 8.12. The van der Waals surface area contributed by atoms with Gasteiger partial charge in [0.05, 0.1) is 11.4 Å². The summed E-state index contributed by atoms with van der Waals surface area (Å²) in [7, 11) is 0. The molecular weight excluding hydrogens is 358 g/mol. The second-order valence-corrected chi connectivity index (χ2v) is 5.71. The highest BCUT2D eigenvalue weighted by atomic mass is 79.9. The fourth-order valence-corrected chi connectivity index (χ4v) is 2.69. The molecule has 5 heteroatoms. The largest absolute Gasteiger partial charge is 0.303 e. The zero-order valence-electron chi connectivity index (χ0n) is 9.90. The molecule has 0 fully saturated rings. The minimum absolute atomic E-state index is 0.198. The van der Waals surface area contributed by atoms with Crippen molar-refractivity contribution in [1.82, 2.24) is 15.3 Å². The van der Waals surface area contributed by atoms with E-state index in [1.54, 1.807) is 12.4 Å². The first-order valence-electron chi connectivity index (χ1n) is 5.61. The fourth-order valence-electron chi connectivity index (χ4n) is 1.56. The summed E-state index contributed by atoms with van der Waals surface area (Å²) in [6.07, 6.45) is 3.61. The molecule has 2 rings (SSSR count). The van der Waals surface area contributed by atoms with Gasteiger partial charge in [-0.25, -0.2) is 0 Å². The van der Waals surface area contributed by atoms with Crippen LogP contribution in [0.3, 0.4) is 0 Å². The van der Waals surface area contributed by atoms with Gasteiger partial charge in [0, 0.05) is 33.9 Å². The lowest BCUT2D eigenvalue weighted by Crippen LogP contribution is -2.19. The monoisotopic (exact) mass is 369 g/mol. The van der Waals surface area contributed by atoms with Gasteiger partial charge in [-0.1, -0.05) is 6.07 Å².